The van der Waals surface area contributed by atoms with Crippen LogP contribution in [-0.4, -0.2) is 19.1 Å². The Morgan fingerprint density at radius 2 is 1.86 bits per heavy atom. The third kappa shape index (κ3) is 1.55. The topological polar surface area (TPSA) is 24.1 Å². The van der Waals surface area contributed by atoms with Gasteiger partial charge in [0.15, 0.2) is 17.5 Å². The number of anilines is 1. The van der Waals surface area contributed by atoms with Gasteiger partial charge in [-0.1, -0.05) is 0 Å². The van der Waals surface area contributed by atoms with E-state index in [0.29, 0.717) is 13.1 Å². The first-order valence-electron chi connectivity index (χ1n) is 4.29. The van der Waals surface area contributed by atoms with E-state index in [9.17, 15) is 13.2 Å². The molecule has 1 aromatic carbocycles. The van der Waals surface area contributed by atoms with Crippen molar-refractivity contribution in [3.05, 3.63) is 29.6 Å². The van der Waals surface area contributed by atoms with Crippen LogP contribution in [0.2, 0.25) is 0 Å². The molecule has 1 aliphatic heterocycles. The fourth-order valence-electron chi connectivity index (χ4n) is 1.25. The maximum absolute atomic E-state index is 13.1. The summed E-state index contributed by atoms with van der Waals surface area (Å²) in [6.07, 6.45) is 0. The first-order valence-corrected chi connectivity index (χ1v) is 4.29. The van der Waals surface area contributed by atoms with Gasteiger partial charge in [-0.05, 0) is 12.1 Å². The molecule has 0 unspecified atom stereocenters. The normalized spacial score (nSPS) is 16.5. The molecule has 0 saturated carbocycles. The molecule has 0 radical (unpaired) electrons. The average molecular weight is 202 g/mol. The van der Waals surface area contributed by atoms with Crippen LogP contribution >= 0.6 is 0 Å². The molecule has 0 amide bonds. The minimum atomic E-state index is -1.43. The van der Waals surface area contributed by atoms with E-state index in [2.05, 4.69) is 10.6 Å². The van der Waals surface area contributed by atoms with Gasteiger partial charge in [0.2, 0.25) is 0 Å². The van der Waals surface area contributed by atoms with Crippen LogP contribution in [0.1, 0.15) is 0 Å². The molecule has 76 valence electrons. The first-order chi connectivity index (χ1) is 6.68. The van der Waals surface area contributed by atoms with Crippen LogP contribution in [0.15, 0.2) is 12.1 Å². The quantitative estimate of drug-likeness (QED) is 0.710. The van der Waals surface area contributed by atoms with Gasteiger partial charge in [0.25, 0.3) is 0 Å². The lowest BCUT2D eigenvalue weighted by atomic mass is 10.1. The van der Waals surface area contributed by atoms with Gasteiger partial charge in [-0.15, -0.1) is 0 Å². The lowest BCUT2D eigenvalue weighted by Crippen LogP contribution is -2.51. The largest absolute Gasteiger partial charge is 0.377 e. The highest BCUT2D eigenvalue weighted by molar-refractivity contribution is 5.46. The Bertz CT molecular complexity index is 350. The molecule has 1 aliphatic rings. The Morgan fingerprint density at radius 1 is 1.14 bits per heavy atom. The molecule has 14 heavy (non-hydrogen) atoms. The van der Waals surface area contributed by atoms with Crippen molar-refractivity contribution in [3.8, 4) is 0 Å². The Labute approximate surface area is 79.1 Å². The maximum Gasteiger partial charge on any atom is 0.196 e. The molecule has 1 heterocycles. The summed E-state index contributed by atoms with van der Waals surface area (Å²) < 4.78 is 38.4. The van der Waals surface area contributed by atoms with Crippen LogP contribution in [-0.2, 0) is 0 Å². The Balaban J connectivity index is 2.20. The van der Waals surface area contributed by atoms with Crippen molar-refractivity contribution in [2.24, 2.45) is 0 Å². The van der Waals surface area contributed by atoms with Crippen molar-refractivity contribution in [3.63, 3.8) is 0 Å². The Kier molecular flexibility index (Phi) is 2.33. The van der Waals surface area contributed by atoms with Gasteiger partial charge < -0.3 is 10.6 Å². The second kappa shape index (κ2) is 3.49. The summed E-state index contributed by atoms with van der Waals surface area (Å²) in [5.74, 6) is -3.75. The number of hydrogen-bond acceptors (Lipinski definition) is 2. The van der Waals surface area contributed by atoms with Gasteiger partial charge in [-0.3, -0.25) is 0 Å². The van der Waals surface area contributed by atoms with Crippen LogP contribution in [0.5, 0.6) is 0 Å². The fourth-order valence-corrected chi connectivity index (χ4v) is 1.25. The number of benzene rings is 1. The molecule has 2 rings (SSSR count). The van der Waals surface area contributed by atoms with Gasteiger partial charge >= 0.3 is 0 Å². The summed E-state index contributed by atoms with van der Waals surface area (Å²) in [5.41, 5.74) is 0.00963. The van der Waals surface area contributed by atoms with Crippen LogP contribution in [0.25, 0.3) is 0 Å². The van der Waals surface area contributed by atoms with Gasteiger partial charge in [0.05, 0.1) is 11.7 Å². The summed E-state index contributed by atoms with van der Waals surface area (Å²) in [6, 6.07) is 2.20. The predicted octanol–water partition coefficient (Wildman–Crippen LogP) is 1.49. The van der Waals surface area contributed by atoms with Crippen LogP contribution in [0.3, 0.4) is 0 Å². The molecule has 1 aromatic rings. The van der Waals surface area contributed by atoms with Gasteiger partial charge in [0.1, 0.15) is 0 Å². The number of rotatable bonds is 2. The van der Waals surface area contributed by atoms with E-state index in [1.165, 1.54) is 6.07 Å². The molecule has 1 saturated heterocycles. The maximum atomic E-state index is 13.1. The van der Waals surface area contributed by atoms with Gasteiger partial charge in [-0.2, -0.15) is 0 Å². The second-order valence-electron chi connectivity index (χ2n) is 3.22. The van der Waals surface area contributed by atoms with E-state index in [0.717, 1.165) is 6.07 Å². The molecule has 0 aromatic heterocycles. The second-order valence-corrected chi connectivity index (χ2v) is 3.22. The molecule has 1 fully saturated rings. The van der Waals surface area contributed by atoms with Crippen molar-refractivity contribution >= 4 is 5.69 Å². The summed E-state index contributed by atoms with van der Waals surface area (Å²) in [7, 11) is 0. The highest BCUT2D eigenvalue weighted by Crippen LogP contribution is 2.20. The zero-order chi connectivity index (χ0) is 10.1. The highest BCUT2D eigenvalue weighted by Gasteiger charge is 2.20. The van der Waals surface area contributed by atoms with E-state index in [1.54, 1.807) is 0 Å². The lowest BCUT2D eigenvalue weighted by Gasteiger charge is -2.29. The average Bonchev–Trinajstić information content (AvgIpc) is 2.10. The summed E-state index contributed by atoms with van der Waals surface area (Å²) >= 11 is 0. The van der Waals surface area contributed by atoms with E-state index in [1.807, 2.05) is 0 Å². The Morgan fingerprint density at radius 3 is 2.43 bits per heavy atom. The fraction of sp³-hybridized carbons (Fsp3) is 0.333. The number of nitrogens with one attached hydrogen (secondary N) is 2. The number of halogens is 3. The minimum Gasteiger partial charge on any atom is -0.377 e. The molecule has 0 aliphatic carbocycles. The molecule has 0 spiro atoms. The van der Waals surface area contributed by atoms with E-state index >= 15 is 0 Å². The van der Waals surface area contributed by atoms with E-state index in [4.69, 9.17) is 0 Å². The third-order valence-electron chi connectivity index (χ3n) is 2.18. The first kappa shape index (κ1) is 9.33. The molecule has 2 N–H and O–H groups in total. The van der Waals surface area contributed by atoms with Crippen molar-refractivity contribution in [1.82, 2.24) is 5.32 Å². The molecule has 2 nitrogen and oxygen atoms in total. The molecular formula is C9H9F3N2. The molecule has 5 heteroatoms. The summed E-state index contributed by atoms with van der Waals surface area (Å²) in [6.45, 7) is 1.41. The monoisotopic (exact) mass is 202 g/mol. The minimum absolute atomic E-state index is 0.00963. The lowest BCUT2D eigenvalue weighted by molar-refractivity contribution is 0.441. The van der Waals surface area contributed by atoms with Crippen LogP contribution < -0.4 is 10.6 Å². The molecular weight excluding hydrogens is 193 g/mol. The Hall–Kier alpha value is -1.23. The standard InChI is InChI=1S/C9H9F3N2/c10-6-1-2-7(9(12)8(6)11)14-5-3-13-4-5/h1-2,5,13-14H,3-4H2. The van der Waals surface area contributed by atoms with Gasteiger partial charge in [0, 0.05) is 13.1 Å². The van der Waals surface area contributed by atoms with Crippen molar-refractivity contribution in [1.29, 1.82) is 0 Å². The van der Waals surface area contributed by atoms with Crippen molar-refractivity contribution in [2.75, 3.05) is 18.4 Å². The van der Waals surface area contributed by atoms with E-state index < -0.39 is 17.5 Å². The van der Waals surface area contributed by atoms with Crippen LogP contribution in [0, 0.1) is 17.5 Å². The van der Waals surface area contributed by atoms with Crippen LogP contribution in [0.4, 0.5) is 18.9 Å². The molecule has 0 atom stereocenters. The van der Waals surface area contributed by atoms with Gasteiger partial charge in [-0.25, -0.2) is 13.2 Å². The number of hydrogen-bond donors (Lipinski definition) is 2. The van der Waals surface area contributed by atoms with Crippen molar-refractivity contribution < 1.29 is 13.2 Å². The third-order valence-corrected chi connectivity index (χ3v) is 2.18. The van der Waals surface area contributed by atoms with E-state index in [-0.39, 0.29) is 11.7 Å². The van der Waals surface area contributed by atoms with Crippen molar-refractivity contribution in [2.45, 2.75) is 6.04 Å². The SMILES string of the molecule is Fc1ccc(NC2CNC2)c(F)c1F. The zero-order valence-electron chi connectivity index (χ0n) is 7.28. The smallest absolute Gasteiger partial charge is 0.196 e. The summed E-state index contributed by atoms with van der Waals surface area (Å²) in [5, 5.41) is 5.74. The zero-order valence-corrected chi connectivity index (χ0v) is 7.28. The highest BCUT2D eigenvalue weighted by atomic mass is 19.2. The molecule has 0 bridgehead atoms. The summed E-state index contributed by atoms with van der Waals surface area (Å²) in [4.78, 5) is 0. The predicted molar refractivity (Wildman–Crippen MR) is 46.6 cm³/mol.